The second-order valence-electron chi connectivity index (χ2n) is 6.52. The predicted octanol–water partition coefficient (Wildman–Crippen LogP) is 4.60. The number of halogens is 1. The highest BCUT2D eigenvalue weighted by Gasteiger charge is 2.29. The molecule has 2 amide bonds. The van der Waals surface area contributed by atoms with Gasteiger partial charge in [0, 0.05) is 24.9 Å². The second kappa shape index (κ2) is 7.91. The molecule has 25 heavy (non-hydrogen) atoms. The summed E-state index contributed by atoms with van der Waals surface area (Å²) >= 11 is 1.43. The standard InChI is InChI=1S/C18H23FN4OS/c1-3-6-12(2)16-21-22-17(25-16)20-18(24)23-10-9-13(11-23)14-7-4-5-8-15(14)19/h4-5,7-8,12-13H,3,6,9-11H2,1-2H3,(H,20,22,24)/t12-,13-/m0/s1. The predicted molar refractivity (Wildman–Crippen MR) is 97.6 cm³/mol. The van der Waals surface area contributed by atoms with Crippen LogP contribution in [0.15, 0.2) is 24.3 Å². The fourth-order valence-electron chi connectivity index (χ4n) is 3.22. The average molecular weight is 362 g/mol. The molecule has 0 bridgehead atoms. The van der Waals surface area contributed by atoms with Crippen molar-refractivity contribution in [2.75, 3.05) is 18.4 Å². The largest absolute Gasteiger partial charge is 0.324 e. The molecule has 3 rings (SSSR count). The van der Waals surface area contributed by atoms with Crippen LogP contribution in [0.4, 0.5) is 14.3 Å². The zero-order valence-electron chi connectivity index (χ0n) is 14.5. The van der Waals surface area contributed by atoms with Crippen LogP contribution in [0.5, 0.6) is 0 Å². The van der Waals surface area contributed by atoms with Gasteiger partial charge in [-0.25, -0.2) is 9.18 Å². The molecule has 2 atom stereocenters. The Labute approximate surface area is 151 Å². The Morgan fingerprint density at radius 3 is 3.00 bits per heavy atom. The smallest absolute Gasteiger partial charge is 0.323 e. The number of carbonyl (C=O) groups excluding carboxylic acids is 1. The molecule has 5 nitrogen and oxygen atoms in total. The summed E-state index contributed by atoms with van der Waals surface area (Å²) in [4.78, 5) is 14.2. The minimum absolute atomic E-state index is 0.0431. The van der Waals surface area contributed by atoms with Gasteiger partial charge in [0.25, 0.3) is 0 Å². The van der Waals surface area contributed by atoms with Gasteiger partial charge in [0.1, 0.15) is 10.8 Å². The van der Waals surface area contributed by atoms with Crippen molar-refractivity contribution >= 4 is 22.5 Å². The molecule has 1 saturated heterocycles. The number of amides is 2. The third-order valence-corrected chi connectivity index (χ3v) is 5.69. The number of rotatable bonds is 5. The first-order chi connectivity index (χ1) is 12.1. The van der Waals surface area contributed by atoms with Crippen molar-refractivity contribution in [3.05, 3.63) is 40.7 Å². The third-order valence-electron chi connectivity index (χ3n) is 4.62. The lowest BCUT2D eigenvalue weighted by atomic mass is 9.98. The fourth-order valence-corrected chi connectivity index (χ4v) is 4.03. The summed E-state index contributed by atoms with van der Waals surface area (Å²) in [5.74, 6) is 0.195. The van der Waals surface area contributed by atoms with E-state index in [1.165, 1.54) is 17.4 Å². The molecule has 0 unspecified atom stereocenters. The van der Waals surface area contributed by atoms with Crippen molar-refractivity contribution < 1.29 is 9.18 Å². The summed E-state index contributed by atoms with van der Waals surface area (Å²) in [6.07, 6.45) is 2.91. The lowest BCUT2D eigenvalue weighted by molar-refractivity contribution is 0.222. The van der Waals surface area contributed by atoms with Crippen LogP contribution in [0, 0.1) is 5.82 Å². The molecule has 1 aliphatic rings. The van der Waals surface area contributed by atoms with Crippen LogP contribution in [-0.4, -0.2) is 34.2 Å². The van der Waals surface area contributed by atoms with Crippen molar-refractivity contribution in [3.8, 4) is 0 Å². The summed E-state index contributed by atoms with van der Waals surface area (Å²) in [7, 11) is 0. The molecule has 1 aliphatic heterocycles. The number of aromatic nitrogens is 2. The van der Waals surface area contributed by atoms with Crippen LogP contribution in [0.25, 0.3) is 0 Å². The van der Waals surface area contributed by atoms with Gasteiger partial charge in [0.05, 0.1) is 0 Å². The monoisotopic (exact) mass is 362 g/mol. The molecule has 2 heterocycles. The molecule has 0 saturated carbocycles. The number of carbonyl (C=O) groups is 1. The van der Waals surface area contributed by atoms with Gasteiger partial charge in [-0.05, 0) is 24.5 Å². The van der Waals surface area contributed by atoms with E-state index in [0.29, 0.717) is 29.7 Å². The van der Waals surface area contributed by atoms with Crippen molar-refractivity contribution in [1.82, 2.24) is 15.1 Å². The Balaban J connectivity index is 1.59. The topological polar surface area (TPSA) is 58.1 Å². The number of nitrogens with one attached hydrogen (secondary N) is 1. The summed E-state index contributed by atoms with van der Waals surface area (Å²) < 4.78 is 13.9. The van der Waals surface area contributed by atoms with Gasteiger partial charge in [-0.1, -0.05) is 49.8 Å². The molecule has 7 heteroatoms. The number of anilines is 1. The molecular weight excluding hydrogens is 339 g/mol. The highest BCUT2D eigenvalue weighted by atomic mass is 32.1. The Morgan fingerprint density at radius 1 is 1.44 bits per heavy atom. The van der Waals surface area contributed by atoms with Gasteiger partial charge in [0.15, 0.2) is 0 Å². The first-order valence-corrected chi connectivity index (χ1v) is 9.54. The molecule has 0 spiro atoms. The molecular formula is C18H23FN4OS. The zero-order valence-corrected chi connectivity index (χ0v) is 15.4. The van der Waals surface area contributed by atoms with E-state index in [1.54, 1.807) is 17.0 Å². The number of benzene rings is 1. The minimum atomic E-state index is -0.201. The Kier molecular flexibility index (Phi) is 5.63. The fraction of sp³-hybridized carbons (Fsp3) is 0.500. The van der Waals surface area contributed by atoms with Crippen molar-refractivity contribution in [2.24, 2.45) is 0 Å². The summed E-state index contributed by atoms with van der Waals surface area (Å²) in [6.45, 7) is 5.39. The highest BCUT2D eigenvalue weighted by Crippen LogP contribution is 2.30. The van der Waals surface area contributed by atoms with Crippen LogP contribution < -0.4 is 5.32 Å². The Hall–Kier alpha value is -2.02. The first-order valence-electron chi connectivity index (χ1n) is 8.72. The molecule has 1 N–H and O–H groups in total. The maximum absolute atomic E-state index is 13.9. The number of hydrogen-bond acceptors (Lipinski definition) is 4. The van der Waals surface area contributed by atoms with Gasteiger partial charge in [-0.3, -0.25) is 5.32 Å². The van der Waals surface area contributed by atoms with Crippen LogP contribution in [0.3, 0.4) is 0 Å². The molecule has 2 aromatic rings. The molecule has 0 radical (unpaired) electrons. The number of urea groups is 1. The molecule has 0 aliphatic carbocycles. The third kappa shape index (κ3) is 4.15. The lowest BCUT2D eigenvalue weighted by Gasteiger charge is -2.16. The van der Waals surface area contributed by atoms with Gasteiger partial charge in [-0.2, -0.15) is 0 Å². The van der Waals surface area contributed by atoms with E-state index in [2.05, 4.69) is 29.4 Å². The van der Waals surface area contributed by atoms with Crippen molar-refractivity contribution in [2.45, 2.75) is 44.9 Å². The number of hydrogen-bond donors (Lipinski definition) is 1. The Bertz CT molecular complexity index is 735. The second-order valence-corrected chi connectivity index (χ2v) is 7.53. The molecule has 1 aromatic heterocycles. The van der Waals surface area contributed by atoms with Crippen LogP contribution >= 0.6 is 11.3 Å². The van der Waals surface area contributed by atoms with Crippen LogP contribution in [0.2, 0.25) is 0 Å². The van der Waals surface area contributed by atoms with E-state index in [9.17, 15) is 9.18 Å². The van der Waals surface area contributed by atoms with Gasteiger partial charge in [0.2, 0.25) is 5.13 Å². The normalized spacial score (nSPS) is 18.4. The van der Waals surface area contributed by atoms with Gasteiger partial charge < -0.3 is 4.90 Å². The molecule has 134 valence electrons. The summed E-state index contributed by atoms with van der Waals surface area (Å²) in [5, 5.41) is 12.5. The van der Waals surface area contributed by atoms with Gasteiger partial charge >= 0.3 is 6.03 Å². The van der Waals surface area contributed by atoms with E-state index in [0.717, 1.165) is 24.3 Å². The molecule has 1 aromatic carbocycles. The molecule has 1 fully saturated rings. The number of likely N-dealkylation sites (tertiary alicyclic amines) is 1. The first kappa shape index (κ1) is 17.8. The minimum Gasteiger partial charge on any atom is -0.324 e. The number of nitrogens with zero attached hydrogens (tertiary/aromatic N) is 3. The Morgan fingerprint density at radius 2 is 2.24 bits per heavy atom. The van der Waals surface area contributed by atoms with Crippen LogP contribution in [-0.2, 0) is 0 Å². The van der Waals surface area contributed by atoms with Gasteiger partial charge in [-0.15, -0.1) is 10.2 Å². The maximum atomic E-state index is 13.9. The van der Waals surface area contributed by atoms with E-state index in [1.807, 2.05) is 6.07 Å². The van der Waals surface area contributed by atoms with E-state index in [4.69, 9.17) is 0 Å². The van der Waals surface area contributed by atoms with Crippen molar-refractivity contribution in [3.63, 3.8) is 0 Å². The van der Waals surface area contributed by atoms with Crippen LogP contribution in [0.1, 0.15) is 55.5 Å². The van der Waals surface area contributed by atoms with E-state index in [-0.39, 0.29) is 17.8 Å². The zero-order chi connectivity index (χ0) is 17.8. The highest BCUT2D eigenvalue weighted by molar-refractivity contribution is 7.15. The summed E-state index contributed by atoms with van der Waals surface area (Å²) in [6, 6.07) is 6.60. The maximum Gasteiger partial charge on any atom is 0.323 e. The quantitative estimate of drug-likeness (QED) is 0.845. The lowest BCUT2D eigenvalue weighted by Crippen LogP contribution is -2.32. The average Bonchev–Trinajstić information content (AvgIpc) is 3.25. The van der Waals surface area contributed by atoms with E-state index >= 15 is 0 Å². The van der Waals surface area contributed by atoms with Crippen molar-refractivity contribution in [1.29, 1.82) is 0 Å². The van der Waals surface area contributed by atoms with E-state index < -0.39 is 0 Å². The SMILES string of the molecule is CCC[C@H](C)c1nnc(NC(=O)N2CC[C@H](c3ccccc3F)C2)s1. The summed E-state index contributed by atoms with van der Waals surface area (Å²) in [5.41, 5.74) is 0.685.